The smallest absolute Gasteiger partial charge is 0.475 e. The van der Waals surface area contributed by atoms with E-state index in [4.69, 9.17) is 15.2 Å². The quantitative estimate of drug-likeness (QED) is 0.735. The van der Waals surface area contributed by atoms with Crippen LogP contribution < -0.4 is 0 Å². The molecule has 0 saturated heterocycles. The fourth-order valence-electron chi connectivity index (χ4n) is 2.03. The van der Waals surface area contributed by atoms with E-state index in [1.54, 1.807) is 10.9 Å². The summed E-state index contributed by atoms with van der Waals surface area (Å²) in [5, 5.41) is 21.1. The minimum atomic E-state index is -5.08. The Morgan fingerprint density at radius 3 is 2.77 bits per heavy atom. The Bertz CT molecular complexity index is 941. The lowest BCUT2D eigenvalue weighted by Crippen LogP contribution is -2.21. The van der Waals surface area contributed by atoms with Crippen LogP contribution in [0.1, 0.15) is 19.4 Å². The van der Waals surface area contributed by atoms with Crippen molar-refractivity contribution >= 4 is 17.0 Å². The van der Waals surface area contributed by atoms with Gasteiger partial charge in [0.25, 0.3) is 0 Å². The van der Waals surface area contributed by atoms with Crippen molar-refractivity contribution in [1.29, 1.82) is 5.26 Å². The van der Waals surface area contributed by atoms with Crippen molar-refractivity contribution in [3.63, 3.8) is 0 Å². The van der Waals surface area contributed by atoms with Gasteiger partial charge in [0.15, 0.2) is 0 Å². The molecule has 3 rings (SSSR count). The zero-order valence-electron chi connectivity index (χ0n) is 13.4. The molecule has 3 aromatic heterocycles. The SMILES string of the molecule is C[C@H](CC#N)n1cc(-c2ncnc3[nH]ccc23)cn1.O=C(O)C(F)(F)F. The van der Waals surface area contributed by atoms with Gasteiger partial charge >= 0.3 is 12.1 Å². The Kier molecular flexibility index (Phi) is 5.56. The third-order valence-corrected chi connectivity index (χ3v) is 3.31. The highest BCUT2D eigenvalue weighted by Gasteiger charge is 2.38. The lowest BCUT2D eigenvalue weighted by molar-refractivity contribution is -0.192. The molecule has 11 heteroatoms. The molecular weight excluding hydrogens is 353 g/mol. The van der Waals surface area contributed by atoms with Crippen LogP contribution in [0, 0.1) is 11.3 Å². The molecule has 2 N–H and O–H groups in total. The summed E-state index contributed by atoms with van der Waals surface area (Å²) in [7, 11) is 0. The summed E-state index contributed by atoms with van der Waals surface area (Å²) >= 11 is 0. The van der Waals surface area contributed by atoms with Crippen molar-refractivity contribution < 1.29 is 23.1 Å². The highest BCUT2D eigenvalue weighted by Crippen LogP contribution is 2.25. The van der Waals surface area contributed by atoms with E-state index in [0.29, 0.717) is 6.42 Å². The van der Waals surface area contributed by atoms with Crippen LogP contribution in [0.4, 0.5) is 13.2 Å². The number of nitriles is 1. The number of hydrogen-bond acceptors (Lipinski definition) is 5. The third-order valence-electron chi connectivity index (χ3n) is 3.31. The Labute approximate surface area is 144 Å². The Balaban J connectivity index is 0.000000298. The van der Waals surface area contributed by atoms with Crippen LogP contribution in [-0.2, 0) is 4.79 Å². The maximum Gasteiger partial charge on any atom is 0.490 e. The topological polar surface area (TPSA) is 120 Å². The van der Waals surface area contributed by atoms with Gasteiger partial charge in [-0.2, -0.15) is 23.5 Å². The predicted octanol–water partition coefficient (Wildman–Crippen LogP) is 2.93. The lowest BCUT2D eigenvalue weighted by atomic mass is 10.2. The predicted molar refractivity (Wildman–Crippen MR) is 83.7 cm³/mol. The van der Waals surface area contributed by atoms with Gasteiger partial charge in [0.1, 0.15) is 12.0 Å². The minimum absolute atomic E-state index is 0.0577. The van der Waals surface area contributed by atoms with Crippen LogP contribution >= 0.6 is 0 Å². The molecule has 0 radical (unpaired) electrons. The highest BCUT2D eigenvalue weighted by atomic mass is 19.4. The molecule has 0 aliphatic rings. The van der Waals surface area contributed by atoms with Gasteiger partial charge in [0, 0.05) is 23.3 Å². The van der Waals surface area contributed by atoms with E-state index in [9.17, 15) is 13.2 Å². The first-order chi connectivity index (χ1) is 12.2. The van der Waals surface area contributed by atoms with Crippen molar-refractivity contribution in [1.82, 2.24) is 24.7 Å². The van der Waals surface area contributed by atoms with Crippen LogP contribution in [0.2, 0.25) is 0 Å². The number of alkyl halides is 3. The summed E-state index contributed by atoms with van der Waals surface area (Å²) in [6.45, 7) is 1.96. The van der Waals surface area contributed by atoms with Crippen LogP contribution in [0.25, 0.3) is 22.3 Å². The number of hydrogen-bond donors (Lipinski definition) is 2. The molecule has 1 atom stereocenters. The van der Waals surface area contributed by atoms with Crippen LogP contribution in [0.5, 0.6) is 0 Å². The number of aliphatic carboxylic acids is 1. The maximum atomic E-state index is 10.6. The third kappa shape index (κ3) is 4.35. The molecule has 0 aliphatic carbocycles. The second-order valence-corrected chi connectivity index (χ2v) is 5.19. The van der Waals surface area contributed by atoms with E-state index in [-0.39, 0.29) is 6.04 Å². The maximum absolute atomic E-state index is 10.6. The van der Waals surface area contributed by atoms with Gasteiger partial charge in [-0.1, -0.05) is 0 Å². The lowest BCUT2D eigenvalue weighted by Gasteiger charge is -2.06. The fourth-order valence-corrected chi connectivity index (χ4v) is 2.03. The second-order valence-electron chi connectivity index (χ2n) is 5.19. The largest absolute Gasteiger partial charge is 0.490 e. The number of nitrogens with zero attached hydrogens (tertiary/aromatic N) is 5. The number of nitrogens with one attached hydrogen (secondary N) is 1. The van der Waals surface area contributed by atoms with Gasteiger partial charge in [0.2, 0.25) is 0 Å². The first-order valence-corrected chi connectivity index (χ1v) is 7.23. The molecule has 0 bridgehead atoms. The number of carbonyl (C=O) groups is 1. The van der Waals surface area contributed by atoms with Gasteiger partial charge < -0.3 is 10.1 Å². The van der Waals surface area contributed by atoms with E-state index >= 15 is 0 Å². The summed E-state index contributed by atoms with van der Waals surface area (Å²) in [5.41, 5.74) is 2.58. The Morgan fingerprint density at radius 2 is 2.15 bits per heavy atom. The normalized spacial score (nSPS) is 12.1. The number of carboxylic acids is 1. The number of aromatic amines is 1. The number of halogens is 3. The molecule has 136 valence electrons. The molecule has 3 aromatic rings. The number of carboxylic acid groups (broad SMARTS) is 1. The molecular formula is C15H13F3N6O2. The molecule has 0 amide bonds. The molecule has 26 heavy (non-hydrogen) atoms. The van der Waals surface area contributed by atoms with E-state index < -0.39 is 12.1 Å². The van der Waals surface area contributed by atoms with Crippen LogP contribution in [-0.4, -0.2) is 42.0 Å². The minimum Gasteiger partial charge on any atom is -0.475 e. The zero-order valence-corrected chi connectivity index (χ0v) is 13.4. The van der Waals surface area contributed by atoms with E-state index in [1.807, 2.05) is 25.4 Å². The summed E-state index contributed by atoms with van der Waals surface area (Å²) < 4.78 is 33.5. The number of fused-ring (bicyclic) bond motifs is 1. The highest BCUT2D eigenvalue weighted by molar-refractivity contribution is 5.89. The van der Waals surface area contributed by atoms with Gasteiger partial charge in [-0.3, -0.25) is 4.68 Å². The van der Waals surface area contributed by atoms with Gasteiger partial charge in [-0.25, -0.2) is 14.8 Å². The van der Waals surface area contributed by atoms with Crippen LogP contribution in [0.3, 0.4) is 0 Å². The van der Waals surface area contributed by atoms with Crippen molar-refractivity contribution in [2.24, 2.45) is 0 Å². The second kappa shape index (κ2) is 7.64. The molecule has 3 heterocycles. The molecule has 0 aliphatic heterocycles. The van der Waals surface area contributed by atoms with Gasteiger partial charge in [0.05, 0.1) is 30.4 Å². The van der Waals surface area contributed by atoms with Crippen molar-refractivity contribution in [3.8, 4) is 17.3 Å². The van der Waals surface area contributed by atoms with Crippen molar-refractivity contribution in [2.75, 3.05) is 0 Å². The molecule has 8 nitrogen and oxygen atoms in total. The summed E-state index contributed by atoms with van der Waals surface area (Å²) in [6, 6.07) is 4.15. The molecule has 0 spiro atoms. The first kappa shape index (κ1) is 18.9. The average Bonchev–Trinajstić information content (AvgIpc) is 3.24. The summed E-state index contributed by atoms with van der Waals surface area (Å²) in [5.74, 6) is -2.76. The standard InChI is InChI=1S/C13H12N6.C2HF3O2/c1-9(2-4-14)19-7-10(6-18-19)12-11-3-5-15-13(11)17-8-16-12;3-2(4,5)1(6)7/h3,5-9H,2H2,1H3,(H,15,16,17);(H,6,7)/t9-;/m1./s1. The van der Waals surface area contributed by atoms with E-state index in [1.165, 1.54) is 6.33 Å². The van der Waals surface area contributed by atoms with Gasteiger partial charge in [-0.15, -0.1) is 0 Å². The van der Waals surface area contributed by atoms with Crippen LogP contribution in [0.15, 0.2) is 31.0 Å². The van der Waals surface area contributed by atoms with Crippen molar-refractivity contribution in [2.45, 2.75) is 25.6 Å². The molecule has 0 aromatic carbocycles. The number of aromatic nitrogens is 5. The Hall–Kier alpha value is -3.42. The number of rotatable bonds is 3. The summed E-state index contributed by atoms with van der Waals surface area (Å²) in [4.78, 5) is 20.4. The summed E-state index contributed by atoms with van der Waals surface area (Å²) in [6.07, 6.45) is 2.40. The average molecular weight is 366 g/mol. The number of H-pyrrole nitrogens is 1. The Morgan fingerprint density at radius 1 is 1.46 bits per heavy atom. The van der Waals surface area contributed by atoms with E-state index in [2.05, 4.69) is 26.1 Å². The fraction of sp³-hybridized carbons (Fsp3) is 0.267. The molecule has 0 unspecified atom stereocenters. The molecule has 0 fully saturated rings. The molecule has 0 saturated carbocycles. The zero-order chi connectivity index (χ0) is 19.3. The monoisotopic (exact) mass is 366 g/mol. The van der Waals surface area contributed by atoms with E-state index in [0.717, 1.165) is 22.3 Å². The first-order valence-electron chi connectivity index (χ1n) is 7.23. The van der Waals surface area contributed by atoms with Crippen molar-refractivity contribution in [3.05, 3.63) is 31.0 Å². The van der Waals surface area contributed by atoms with Gasteiger partial charge in [-0.05, 0) is 13.0 Å².